The fourth-order valence-corrected chi connectivity index (χ4v) is 3.73. The maximum Gasteiger partial charge on any atom is 0.241 e. The SMILES string of the molecule is CC(=O)c1ccccc1NC(=O)CN1CCCC1C(=O)Nc1cc(Cl)ccc1Cl. The van der Waals surface area contributed by atoms with Crippen LogP contribution in [0, 0.1) is 0 Å². The van der Waals surface area contributed by atoms with Crippen LogP contribution in [-0.2, 0) is 9.59 Å². The number of hydrogen-bond donors (Lipinski definition) is 2. The van der Waals surface area contributed by atoms with Gasteiger partial charge in [0.2, 0.25) is 11.8 Å². The molecule has 3 rings (SSSR count). The second-order valence-corrected chi connectivity index (χ2v) is 7.74. The number of carbonyl (C=O) groups excluding carboxylic acids is 3. The van der Waals surface area contributed by atoms with Gasteiger partial charge >= 0.3 is 0 Å². The van der Waals surface area contributed by atoms with Crippen LogP contribution in [0.4, 0.5) is 11.4 Å². The largest absolute Gasteiger partial charge is 0.324 e. The van der Waals surface area contributed by atoms with Gasteiger partial charge < -0.3 is 10.6 Å². The Bertz CT molecular complexity index is 949. The number of ketones is 1. The molecule has 6 nitrogen and oxygen atoms in total. The summed E-state index contributed by atoms with van der Waals surface area (Å²) >= 11 is 12.1. The first kappa shape index (κ1) is 21.3. The molecule has 0 aromatic heterocycles. The van der Waals surface area contributed by atoms with E-state index in [2.05, 4.69) is 10.6 Å². The third-order valence-electron chi connectivity index (χ3n) is 4.78. The molecule has 1 saturated heterocycles. The number of benzene rings is 2. The Balaban J connectivity index is 1.65. The van der Waals surface area contributed by atoms with Gasteiger partial charge in [0.15, 0.2) is 5.78 Å². The first-order valence-corrected chi connectivity index (χ1v) is 10.0. The lowest BCUT2D eigenvalue weighted by atomic mass is 10.1. The number of hydrogen-bond acceptors (Lipinski definition) is 4. The van der Waals surface area contributed by atoms with Gasteiger partial charge in [0.25, 0.3) is 0 Å². The summed E-state index contributed by atoms with van der Waals surface area (Å²) in [5, 5.41) is 6.43. The topological polar surface area (TPSA) is 78.5 Å². The molecule has 8 heteroatoms. The quantitative estimate of drug-likeness (QED) is 0.667. The summed E-state index contributed by atoms with van der Waals surface area (Å²) < 4.78 is 0. The van der Waals surface area contributed by atoms with Gasteiger partial charge in [-0.05, 0) is 56.6 Å². The summed E-state index contributed by atoms with van der Waals surface area (Å²) in [7, 11) is 0. The lowest BCUT2D eigenvalue weighted by molar-refractivity contribution is -0.122. The Morgan fingerprint density at radius 2 is 1.83 bits per heavy atom. The van der Waals surface area contributed by atoms with Crippen molar-refractivity contribution < 1.29 is 14.4 Å². The molecule has 0 bridgehead atoms. The van der Waals surface area contributed by atoms with Crippen LogP contribution in [0.25, 0.3) is 0 Å². The van der Waals surface area contributed by atoms with Gasteiger partial charge in [-0.2, -0.15) is 0 Å². The van der Waals surface area contributed by atoms with Gasteiger partial charge in [0, 0.05) is 10.6 Å². The third kappa shape index (κ3) is 5.35. The molecule has 152 valence electrons. The van der Waals surface area contributed by atoms with E-state index >= 15 is 0 Å². The highest BCUT2D eigenvalue weighted by Crippen LogP contribution is 2.27. The fourth-order valence-electron chi connectivity index (χ4n) is 3.39. The molecule has 1 aliphatic rings. The van der Waals surface area contributed by atoms with Crippen LogP contribution in [0.5, 0.6) is 0 Å². The van der Waals surface area contributed by atoms with Crippen LogP contribution in [0.1, 0.15) is 30.1 Å². The van der Waals surface area contributed by atoms with E-state index in [0.717, 1.165) is 6.42 Å². The van der Waals surface area contributed by atoms with Gasteiger partial charge in [-0.25, -0.2) is 0 Å². The smallest absolute Gasteiger partial charge is 0.241 e. The number of Topliss-reactive ketones (excluding diaryl/α,β-unsaturated/α-hetero) is 1. The number of carbonyl (C=O) groups is 3. The van der Waals surface area contributed by atoms with E-state index in [1.807, 2.05) is 4.90 Å². The number of halogens is 2. The van der Waals surface area contributed by atoms with Crippen molar-refractivity contribution in [1.82, 2.24) is 4.90 Å². The molecule has 1 heterocycles. The van der Waals surface area contributed by atoms with E-state index in [9.17, 15) is 14.4 Å². The van der Waals surface area contributed by atoms with Crippen LogP contribution in [-0.4, -0.2) is 41.6 Å². The number of para-hydroxylation sites is 1. The lowest BCUT2D eigenvalue weighted by Gasteiger charge is -2.23. The van der Waals surface area contributed by atoms with Crippen LogP contribution in [0.2, 0.25) is 10.0 Å². The number of likely N-dealkylation sites (tertiary alicyclic amines) is 1. The second kappa shape index (κ2) is 9.39. The van der Waals surface area contributed by atoms with Gasteiger partial charge in [-0.15, -0.1) is 0 Å². The van der Waals surface area contributed by atoms with Crippen molar-refractivity contribution in [3.63, 3.8) is 0 Å². The first-order valence-electron chi connectivity index (χ1n) is 9.25. The van der Waals surface area contributed by atoms with Crippen LogP contribution in [0.3, 0.4) is 0 Å². The normalized spacial score (nSPS) is 16.4. The molecule has 0 spiro atoms. The van der Waals surface area contributed by atoms with E-state index in [0.29, 0.717) is 39.9 Å². The molecule has 2 aromatic rings. The zero-order valence-corrected chi connectivity index (χ0v) is 17.4. The summed E-state index contributed by atoms with van der Waals surface area (Å²) in [5.74, 6) is -0.638. The fraction of sp³-hybridized carbons (Fsp3) is 0.286. The Hall–Kier alpha value is -2.41. The van der Waals surface area contributed by atoms with Gasteiger partial charge in [0.1, 0.15) is 0 Å². The molecule has 1 atom stereocenters. The Morgan fingerprint density at radius 3 is 2.59 bits per heavy atom. The molecule has 2 aromatic carbocycles. The molecule has 1 unspecified atom stereocenters. The third-order valence-corrected chi connectivity index (χ3v) is 5.34. The van der Waals surface area contributed by atoms with Gasteiger partial charge in [0.05, 0.1) is 29.0 Å². The second-order valence-electron chi connectivity index (χ2n) is 6.89. The van der Waals surface area contributed by atoms with Crippen molar-refractivity contribution in [2.45, 2.75) is 25.8 Å². The maximum atomic E-state index is 12.7. The molecule has 2 N–H and O–H groups in total. The minimum Gasteiger partial charge on any atom is -0.324 e. The van der Waals surface area contributed by atoms with Crippen molar-refractivity contribution in [2.75, 3.05) is 23.7 Å². The van der Waals surface area contributed by atoms with Crippen molar-refractivity contribution in [3.8, 4) is 0 Å². The number of nitrogens with one attached hydrogen (secondary N) is 2. The van der Waals surface area contributed by atoms with Crippen molar-refractivity contribution in [3.05, 3.63) is 58.1 Å². The van der Waals surface area contributed by atoms with Crippen molar-refractivity contribution >= 4 is 52.2 Å². The predicted molar refractivity (Wildman–Crippen MR) is 115 cm³/mol. The summed E-state index contributed by atoms with van der Waals surface area (Å²) in [6, 6.07) is 11.3. The number of nitrogens with zero attached hydrogens (tertiary/aromatic N) is 1. The lowest BCUT2D eigenvalue weighted by Crippen LogP contribution is -2.43. The molecule has 0 radical (unpaired) electrons. The molecule has 0 aliphatic carbocycles. The maximum absolute atomic E-state index is 12.7. The van der Waals surface area contributed by atoms with E-state index in [1.54, 1.807) is 42.5 Å². The molecular weight excluding hydrogens is 413 g/mol. The average Bonchev–Trinajstić information content (AvgIpc) is 3.13. The van der Waals surface area contributed by atoms with Crippen molar-refractivity contribution in [1.29, 1.82) is 0 Å². The minimum absolute atomic E-state index is 0.0492. The molecule has 1 fully saturated rings. The Morgan fingerprint density at radius 1 is 1.07 bits per heavy atom. The van der Waals surface area contributed by atoms with E-state index in [4.69, 9.17) is 23.2 Å². The molecule has 1 aliphatic heterocycles. The molecule has 29 heavy (non-hydrogen) atoms. The highest BCUT2D eigenvalue weighted by Gasteiger charge is 2.32. The van der Waals surface area contributed by atoms with E-state index in [-0.39, 0.29) is 24.1 Å². The Labute approximate surface area is 179 Å². The minimum atomic E-state index is -0.446. The van der Waals surface area contributed by atoms with Gasteiger partial charge in [-0.1, -0.05) is 35.3 Å². The van der Waals surface area contributed by atoms with Crippen LogP contribution < -0.4 is 10.6 Å². The summed E-state index contributed by atoms with van der Waals surface area (Å²) in [6.45, 7) is 2.13. The monoisotopic (exact) mass is 433 g/mol. The Kier molecular flexibility index (Phi) is 6.90. The van der Waals surface area contributed by atoms with Crippen molar-refractivity contribution in [2.24, 2.45) is 0 Å². The predicted octanol–water partition coefficient (Wildman–Crippen LogP) is 4.24. The standard InChI is InChI=1S/C21H21Cl2N3O3/c1-13(27)15-5-2-3-6-17(15)24-20(28)12-26-10-4-7-19(26)21(29)25-18-11-14(22)8-9-16(18)23/h2-3,5-6,8-9,11,19H,4,7,10,12H2,1H3,(H,24,28)(H,25,29). The highest BCUT2D eigenvalue weighted by atomic mass is 35.5. The zero-order chi connectivity index (χ0) is 21.0. The van der Waals surface area contributed by atoms with Crippen LogP contribution >= 0.6 is 23.2 Å². The summed E-state index contributed by atoms with van der Waals surface area (Å²) in [4.78, 5) is 38.8. The summed E-state index contributed by atoms with van der Waals surface area (Å²) in [6.07, 6.45) is 1.44. The van der Waals surface area contributed by atoms with Gasteiger partial charge in [-0.3, -0.25) is 19.3 Å². The molecule has 0 saturated carbocycles. The highest BCUT2D eigenvalue weighted by molar-refractivity contribution is 6.35. The molecular formula is C21H21Cl2N3O3. The van der Waals surface area contributed by atoms with E-state index < -0.39 is 6.04 Å². The number of rotatable bonds is 6. The van der Waals surface area contributed by atoms with E-state index in [1.165, 1.54) is 6.92 Å². The number of amides is 2. The first-order chi connectivity index (χ1) is 13.8. The van der Waals surface area contributed by atoms with Crippen LogP contribution in [0.15, 0.2) is 42.5 Å². The zero-order valence-electron chi connectivity index (χ0n) is 15.9. The summed E-state index contributed by atoms with van der Waals surface area (Å²) in [5.41, 5.74) is 1.36. The molecule has 2 amide bonds. The number of anilines is 2. The average molecular weight is 434 g/mol.